The number of fused-ring (bicyclic) bond motifs is 1. The van der Waals surface area contributed by atoms with Gasteiger partial charge in [-0.3, -0.25) is 0 Å². The van der Waals surface area contributed by atoms with Gasteiger partial charge < -0.3 is 15.2 Å². The first-order valence-corrected chi connectivity index (χ1v) is 5.75. The van der Waals surface area contributed by atoms with Crippen molar-refractivity contribution in [3.8, 4) is 11.5 Å². The van der Waals surface area contributed by atoms with Crippen molar-refractivity contribution in [2.75, 3.05) is 13.7 Å². The van der Waals surface area contributed by atoms with Crippen LogP contribution in [0.25, 0.3) is 0 Å². The van der Waals surface area contributed by atoms with E-state index in [0.29, 0.717) is 6.61 Å². The van der Waals surface area contributed by atoms with Gasteiger partial charge in [-0.25, -0.2) is 0 Å². The average Bonchev–Trinajstić information content (AvgIpc) is 2.37. The second-order valence-electron chi connectivity index (χ2n) is 3.70. The maximum absolute atomic E-state index is 5.95. The monoisotopic (exact) mass is 271 g/mol. The zero-order valence-electron chi connectivity index (χ0n) is 8.63. The third-order valence-electron chi connectivity index (χ3n) is 2.56. The molecule has 1 aliphatic rings. The molecule has 1 aromatic carbocycles. The highest BCUT2D eigenvalue weighted by atomic mass is 79.9. The van der Waals surface area contributed by atoms with Gasteiger partial charge in [-0.2, -0.15) is 0 Å². The Bertz CT molecular complexity index is 368. The molecule has 1 unspecified atom stereocenters. The first-order valence-electron chi connectivity index (χ1n) is 4.95. The standard InChI is InChI=1S/C11H14BrNO2/c1-14-11-5-7-4-8(13)2-3-15-10(7)6-9(11)12/h5-6,8H,2-4,13H2,1H3. The van der Waals surface area contributed by atoms with Crippen LogP contribution in [0.4, 0.5) is 0 Å². The second kappa shape index (κ2) is 4.41. The van der Waals surface area contributed by atoms with Crippen LogP contribution in [-0.4, -0.2) is 19.8 Å². The topological polar surface area (TPSA) is 44.5 Å². The van der Waals surface area contributed by atoms with Crippen LogP contribution in [-0.2, 0) is 6.42 Å². The van der Waals surface area contributed by atoms with Crippen LogP contribution in [0.3, 0.4) is 0 Å². The molecule has 2 N–H and O–H groups in total. The molecule has 1 aliphatic heterocycles. The van der Waals surface area contributed by atoms with E-state index in [4.69, 9.17) is 15.2 Å². The molecule has 3 nitrogen and oxygen atoms in total. The number of methoxy groups -OCH3 is 1. The van der Waals surface area contributed by atoms with E-state index in [9.17, 15) is 0 Å². The van der Waals surface area contributed by atoms with E-state index in [2.05, 4.69) is 15.9 Å². The normalized spacial score (nSPS) is 20.1. The van der Waals surface area contributed by atoms with Crippen molar-refractivity contribution in [1.82, 2.24) is 0 Å². The SMILES string of the molecule is COc1cc2c(cc1Br)OCCC(N)C2. The number of halogens is 1. The molecule has 0 fully saturated rings. The number of benzene rings is 1. The molecule has 0 saturated carbocycles. The molecule has 0 aromatic heterocycles. The van der Waals surface area contributed by atoms with Crippen LogP contribution in [0.2, 0.25) is 0 Å². The maximum Gasteiger partial charge on any atom is 0.133 e. The minimum atomic E-state index is 0.178. The molecule has 0 amide bonds. The van der Waals surface area contributed by atoms with Crippen molar-refractivity contribution in [1.29, 1.82) is 0 Å². The quantitative estimate of drug-likeness (QED) is 0.851. The number of ether oxygens (including phenoxy) is 2. The van der Waals surface area contributed by atoms with E-state index in [0.717, 1.165) is 34.4 Å². The average molecular weight is 272 g/mol. The van der Waals surface area contributed by atoms with Gasteiger partial charge in [0.2, 0.25) is 0 Å². The molecular formula is C11H14BrNO2. The van der Waals surface area contributed by atoms with Crippen molar-refractivity contribution in [3.63, 3.8) is 0 Å². The van der Waals surface area contributed by atoms with E-state index < -0.39 is 0 Å². The van der Waals surface area contributed by atoms with Gasteiger partial charge >= 0.3 is 0 Å². The predicted molar refractivity (Wildman–Crippen MR) is 62.5 cm³/mol. The Labute approximate surface area is 97.7 Å². The summed E-state index contributed by atoms with van der Waals surface area (Å²) >= 11 is 3.44. The largest absolute Gasteiger partial charge is 0.496 e. The van der Waals surface area contributed by atoms with Gasteiger partial charge in [-0.1, -0.05) is 0 Å². The molecule has 82 valence electrons. The van der Waals surface area contributed by atoms with Crippen LogP contribution in [0, 0.1) is 0 Å². The van der Waals surface area contributed by atoms with Gasteiger partial charge in [0.05, 0.1) is 18.2 Å². The lowest BCUT2D eigenvalue weighted by Gasteiger charge is -2.11. The number of rotatable bonds is 1. The summed E-state index contributed by atoms with van der Waals surface area (Å²) in [5.41, 5.74) is 7.07. The van der Waals surface area contributed by atoms with Crippen LogP contribution in [0.15, 0.2) is 16.6 Å². The van der Waals surface area contributed by atoms with E-state index in [1.165, 1.54) is 0 Å². The van der Waals surface area contributed by atoms with Gasteiger partial charge in [-0.15, -0.1) is 0 Å². The fraction of sp³-hybridized carbons (Fsp3) is 0.455. The second-order valence-corrected chi connectivity index (χ2v) is 4.55. The summed E-state index contributed by atoms with van der Waals surface area (Å²) in [6.45, 7) is 0.687. The molecular weight excluding hydrogens is 258 g/mol. The van der Waals surface area contributed by atoms with E-state index in [1.807, 2.05) is 12.1 Å². The van der Waals surface area contributed by atoms with E-state index >= 15 is 0 Å². The third-order valence-corrected chi connectivity index (χ3v) is 3.18. The third kappa shape index (κ3) is 2.26. The lowest BCUT2D eigenvalue weighted by molar-refractivity contribution is 0.309. The molecule has 4 heteroatoms. The molecule has 0 aliphatic carbocycles. The Morgan fingerprint density at radius 2 is 2.33 bits per heavy atom. The summed E-state index contributed by atoms with van der Waals surface area (Å²) in [6, 6.07) is 4.12. The molecule has 0 bridgehead atoms. The first-order chi connectivity index (χ1) is 7.20. The Kier molecular flexibility index (Phi) is 3.17. The maximum atomic E-state index is 5.95. The number of nitrogens with two attached hydrogens (primary N) is 1. The summed E-state index contributed by atoms with van der Waals surface area (Å²) in [5.74, 6) is 1.74. The Hall–Kier alpha value is -0.740. The van der Waals surface area contributed by atoms with Gasteiger partial charge in [-0.05, 0) is 46.5 Å². The first kappa shape index (κ1) is 10.8. The summed E-state index contributed by atoms with van der Waals surface area (Å²) in [6.07, 6.45) is 1.74. The van der Waals surface area contributed by atoms with Gasteiger partial charge in [0.1, 0.15) is 11.5 Å². The van der Waals surface area contributed by atoms with Gasteiger partial charge in [0.15, 0.2) is 0 Å². The number of hydrogen-bond donors (Lipinski definition) is 1. The van der Waals surface area contributed by atoms with Crippen molar-refractivity contribution in [2.24, 2.45) is 5.73 Å². The molecule has 1 aromatic rings. The molecule has 0 saturated heterocycles. The van der Waals surface area contributed by atoms with Crippen molar-refractivity contribution < 1.29 is 9.47 Å². The molecule has 1 heterocycles. The highest BCUT2D eigenvalue weighted by molar-refractivity contribution is 9.10. The fourth-order valence-corrected chi connectivity index (χ4v) is 2.22. The fourth-order valence-electron chi connectivity index (χ4n) is 1.73. The lowest BCUT2D eigenvalue weighted by atomic mass is 10.0. The summed E-state index contributed by atoms with van der Waals surface area (Å²) < 4.78 is 11.8. The van der Waals surface area contributed by atoms with Crippen LogP contribution >= 0.6 is 15.9 Å². The molecule has 15 heavy (non-hydrogen) atoms. The zero-order valence-corrected chi connectivity index (χ0v) is 10.2. The Morgan fingerprint density at radius 1 is 1.53 bits per heavy atom. The summed E-state index contributed by atoms with van der Waals surface area (Å²) in [4.78, 5) is 0. The van der Waals surface area contributed by atoms with Crippen molar-refractivity contribution in [2.45, 2.75) is 18.9 Å². The minimum Gasteiger partial charge on any atom is -0.496 e. The summed E-state index contributed by atoms with van der Waals surface area (Å²) in [7, 11) is 1.66. The van der Waals surface area contributed by atoms with Crippen LogP contribution in [0.5, 0.6) is 11.5 Å². The van der Waals surface area contributed by atoms with E-state index in [1.54, 1.807) is 7.11 Å². The lowest BCUT2D eigenvalue weighted by Crippen LogP contribution is -2.22. The molecule has 1 atom stereocenters. The van der Waals surface area contributed by atoms with Crippen molar-refractivity contribution >= 4 is 15.9 Å². The molecule has 0 radical (unpaired) electrons. The smallest absolute Gasteiger partial charge is 0.133 e. The summed E-state index contributed by atoms with van der Waals surface area (Å²) in [5, 5.41) is 0. The minimum absolute atomic E-state index is 0.178. The van der Waals surface area contributed by atoms with Crippen LogP contribution < -0.4 is 15.2 Å². The van der Waals surface area contributed by atoms with Crippen molar-refractivity contribution in [3.05, 3.63) is 22.2 Å². The van der Waals surface area contributed by atoms with Crippen LogP contribution in [0.1, 0.15) is 12.0 Å². The Morgan fingerprint density at radius 3 is 3.07 bits per heavy atom. The predicted octanol–water partition coefficient (Wildman–Crippen LogP) is 2.11. The van der Waals surface area contributed by atoms with Gasteiger partial charge in [0.25, 0.3) is 0 Å². The number of hydrogen-bond acceptors (Lipinski definition) is 3. The zero-order chi connectivity index (χ0) is 10.8. The molecule has 0 spiro atoms. The van der Waals surface area contributed by atoms with Gasteiger partial charge in [0, 0.05) is 6.04 Å². The van der Waals surface area contributed by atoms with E-state index in [-0.39, 0.29) is 6.04 Å². The Balaban J connectivity index is 2.40. The molecule has 2 rings (SSSR count). The highest BCUT2D eigenvalue weighted by Gasteiger charge is 2.16. The highest BCUT2D eigenvalue weighted by Crippen LogP contribution is 2.34.